The molecule has 5 heteroatoms. The molecule has 0 aliphatic rings. The second kappa shape index (κ2) is 8.03. The van der Waals surface area contributed by atoms with E-state index in [-0.39, 0.29) is 30.8 Å². The van der Waals surface area contributed by atoms with E-state index in [0.29, 0.717) is 10.8 Å². The predicted octanol–water partition coefficient (Wildman–Crippen LogP) is 3.92. The summed E-state index contributed by atoms with van der Waals surface area (Å²) < 4.78 is 10.4. The van der Waals surface area contributed by atoms with Crippen molar-refractivity contribution < 1.29 is 19.1 Å². The van der Waals surface area contributed by atoms with Gasteiger partial charge in [0.2, 0.25) is 0 Å². The van der Waals surface area contributed by atoms with Crippen LogP contribution in [-0.4, -0.2) is 18.0 Å². The Morgan fingerprint density at radius 2 is 1.76 bits per heavy atom. The van der Waals surface area contributed by atoms with Crippen LogP contribution in [0.15, 0.2) is 18.2 Å². The predicted molar refractivity (Wildman–Crippen MR) is 81.5 cm³/mol. The average molecular weight is 313 g/mol. The van der Waals surface area contributed by atoms with E-state index in [2.05, 4.69) is 0 Å². The number of carbonyl (C=O) groups excluding carboxylic acids is 2. The Morgan fingerprint density at radius 1 is 1.14 bits per heavy atom. The first-order valence-electron chi connectivity index (χ1n) is 6.96. The van der Waals surface area contributed by atoms with Crippen molar-refractivity contribution in [3.05, 3.63) is 28.8 Å². The zero-order valence-corrected chi connectivity index (χ0v) is 13.6. The number of carbonyl (C=O) groups is 2. The number of ether oxygens (including phenoxy) is 2. The smallest absolute Gasteiger partial charge is 0.311 e. The van der Waals surface area contributed by atoms with Crippen molar-refractivity contribution in [2.45, 2.75) is 46.6 Å². The van der Waals surface area contributed by atoms with Crippen molar-refractivity contribution in [2.75, 3.05) is 0 Å². The number of halogens is 1. The SMILES string of the molecule is Cc1cc(Cl)ccc1OC(=O)CCC(=O)OC(C)C(C)C. The molecule has 0 saturated carbocycles. The van der Waals surface area contributed by atoms with Crippen molar-refractivity contribution in [2.24, 2.45) is 5.92 Å². The summed E-state index contributed by atoms with van der Waals surface area (Å²) in [5, 5.41) is 0.582. The molecule has 1 aromatic rings. The van der Waals surface area contributed by atoms with Gasteiger partial charge < -0.3 is 9.47 Å². The maximum absolute atomic E-state index is 11.7. The molecule has 0 radical (unpaired) electrons. The maximum Gasteiger partial charge on any atom is 0.311 e. The van der Waals surface area contributed by atoms with Gasteiger partial charge in [0.15, 0.2) is 0 Å². The molecule has 0 amide bonds. The van der Waals surface area contributed by atoms with Crippen LogP contribution in [0.5, 0.6) is 5.75 Å². The van der Waals surface area contributed by atoms with Crippen LogP contribution >= 0.6 is 11.6 Å². The van der Waals surface area contributed by atoms with Crippen LogP contribution < -0.4 is 4.74 Å². The van der Waals surface area contributed by atoms with Gasteiger partial charge in [0, 0.05) is 5.02 Å². The monoisotopic (exact) mass is 312 g/mol. The van der Waals surface area contributed by atoms with Gasteiger partial charge in [-0.25, -0.2) is 0 Å². The van der Waals surface area contributed by atoms with Crippen molar-refractivity contribution in [1.82, 2.24) is 0 Å². The molecule has 116 valence electrons. The minimum Gasteiger partial charge on any atom is -0.462 e. The molecule has 0 aliphatic carbocycles. The quantitative estimate of drug-likeness (QED) is 0.590. The van der Waals surface area contributed by atoms with E-state index in [0.717, 1.165) is 5.56 Å². The summed E-state index contributed by atoms with van der Waals surface area (Å²) >= 11 is 5.83. The Labute approximate surface area is 130 Å². The van der Waals surface area contributed by atoms with Gasteiger partial charge in [-0.3, -0.25) is 9.59 Å². The first kappa shape index (κ1) is 17.5. The highest BCUT2D eigenvalue weighted by atomic mass is 35.5. The highest BCUT2D eigenvalue weighted by molar-refractivity contribution is 6.30. The van der Waals surface area contributed by atoms with Crippen molar-refractivity contribution in [1.29, 1.82) is 0 Å². The lowest BCUT2D eigenvalue weighted by Crippen LogP contribution is -2.21. The number of rotatable bonds is 6. The molecule has 0 N–H and O–H groups in total. The molecule has 0 aliphatic heterocycles. The van der Waals surface area contributed by atoms with E-state index in [1.165, 1.54) is 0 Å². The molecule has 0 bridgehead atoms. The number of benzene rings is 1. The van der Waals surface area contributed by atoms with Crippen LogP contribution in [0.3, 0.4) is 0 Å². The van der Waals surface area contributed by atoms with Crippen LogP contribution in [0.1, 0.15) is 39.2 Å². The molecule has 1 unspecified atom stereocenters. The van der Waals surface area contributed by atoms with Gasteiger partial charge in [-0.2, -0.15) is 0 Å². The first-order chi connectivity index (χ1) is 9.79. The van der Waals surface area contributed by atoms with E-state index in [1.807, 2.05) is 20.8 Å². The normalized spacial score (nSPS) is 12.1. The highest BCUT2D eigenvalue weighted by Crippen LogP contribution is 2.22. The minimum absolute atomic E-state index is 0.00822. The third kappa shape index (κ3) is 6.17. The molecule has 1 atom stereocenters. The fraction of sp³-hybridized carbons (Fsp3) is 0.500. The third-order valence-electron chi connectivity index (χ3n) is 3.15. The zero-order chi connectivity index (χ0) is 16.0. The Hall–Kier alpha value is -1.55. The fourth-order valence-corrected chi connectivity index (χ4v) is 1.73. The van der Waals surface area contributed by atoms with Crippen molar-refractivity contribution in [3.8, 4) is 5.75 Å². The van der Waals surface area contributed by atoms with E-state index < -0.39 is 5.97 Å². The molecular formula is C16H21ClO4. The maximum atomic E-state index is 11.7. The fourth-order valence-electron chi connectivity index (χ4n) is 1.51. The van der Waals surface area contributed by atoms with E-state index >= 15 is 0 Å². The topological polar surface area (TPSA) is 52.6 Å². The molecule has 0 aromatic heterocycles. The van der Waals surface area contributed by atoms with E-state index in [4.69, 9.17) is 21.1 Å². The molecule has 4 nitrogen and oxygen atoms in total. The van der Waals surface area contributed by atoms with Gasteiger partial charge in [-0.05, 0) is 43.5 Å². The van der Waals surface area contributed by atoms with E-state index in [9.17, 15) is 9.59 Å². The third-order valence-corrected chi connectivity index (χ3v) is 3.39. The molecule has 0 spiro atoms. The molecule has 21 heavy (non-hydrogen) atoms. The molecule has 0 saturated heterocycles. The summed E-state index contributed by atoms with van der Waals surface area (Å²) in [5.74, 6) is -0.151. The summed E-state index contributed by atoms with van der Waals surface area (Å²) in [6.45, 7) is 7.57. The summed E-state index contributed by atoms with van der Waals surface area (Å²) in [6.07, 6.45) is -0.152. The zero-order valence-electron chi connectivity index (χ0n) is 12.8. The summed E-state index contributed by atoms with van der Waals surface area (Å²) in [7, 11) is 0. The molecule has 0 fully saturated rings. The largest absolute Gasteiger partial charge is 0.462 e. The molecule has 1 aromatic carbocycles. The van der Waals surface area contributed by atoms with Gasteiger partial charge in [0.25, 0.3) is 0 Å². The summed E-state index contributed by atoms with van der Waals surface area (Å²) in [4.78, 5) is 23.3. The summed E-state index contributed by atoms with van der Waals surface area (Å²) in [6, 6.07) is 4.99. The Kier molecular flexibility index (Phi) is 6.69. The summed E-state index contributed by atoms with van der Waals surface area (Å²) in [5.41, 5.74) is 0.770. The van der Waals surface area contributed by atoms with Crippen molar-refractivity contribution in [3.63, 3.8) is 0 Å². The van der Waals surface area contributed by atoms with Gasteiger partial charge in [0.05, 0.1) is 12.8 Å². The Bertz CT molecular complexity index is 511. The number of aryl methyl sites for hydroxylation is 1. The van der Waals surface area contributed by atoms with Gasteiger partial charge in [0.1, 0.15) is 11.9 Å². The van der Waals surface area contributed by atoms with Gasteiger partial charge in [-0.15, -0.1) is 0 Å². The second-order valence-corrected chi connectivity index (χ2v) is 5.76. The van der Waals surface area contributed by atoms with E-state index in [1.54, 1.807) is 25.1 Å². The van der Waals surface area contributed by atoms with Gasteiger partial charge in [-0.1, -0.05) is 25.4 Å². The molecular weight excluding hydrogens is 292 g/mol. The minimum atomic E-state index is -0.463. The van der Waals surface area contributed by atoms with Crippen molar-refractivity contribution >= 4 is 23.5 Å². The molecule has 1 rings (SSSR count). The number of hydrogen-bond donors (Lipinski definition) is 0. The first-order valence-corrected chi connectivity index (χ1v) is 7.33. The lowest BCUT2D eigenvalue weighted by Gasteiger charge is -2.16. The lowest BCUT2D eigenvalue weighted by molar-refractivity contribution is -0.152. The van der Waals surface area contributed by atoms with Crippen LogP contribution in [0, 0.1) is 12.8 Å². The molecule has 0 heterocycles. The Balaban J connectivity index is 2.42. The van der Waals surface area contributed by atoms with Crippen LogP contribution in [0.2, 0.25) is 5.02 Å². The highest BCUT2D eigenvalue weighted by Gasteiger charge is 2.15. The van der Waals surface area contributed by atoms with Crippen LogP contribution in [-0.2, 0) is 14.3 Å². The van der Waals surface area contributed by atoms with Gasteiger partial charge >= 0.3 is 11.9 Å². The number of hydrogen-bond acceptors (Lipinski definition) is 4. The van der Waals surface area contributed by atoms with Crippen LogP contribution in [0.4, 0.5) is 0 Å². The number of esters is 2. The average Bonchev–Trinajstić information content (AvgIpc) is 2.39. The van der Waals surface area contributed by atoms with Crippen LogP contribution in [0.25, 0.3) is 0 Å². The Morgan fingerprint density at radius 3 is 2.33 bits per heavy atom. The standard InChI is InChI=1S/C16H21ClO4/c1-10(2)12(4)20-15(18)7-8-16(19)21-14-6-5-13(17)9-11(14)3/h5-6,9-10,12H,7-8H2,1-4H3. The lowest BCUT2D eigenvalue weighted by atomic mass is 10.1. The second-order valence-electron chi connectivity index (χ2n) is 5.32.